The van der Waals surface area contributed by atoms with Gasteiger partial charge >= 0.3 is 0 Å². The van der Waals surface area contributed by atoms with Gasteiger partial charge in [-0.1, -0.05) is 91.9 Å². The monoisotopic (exact) mass is 402 g/mol. The minimum absolute atomic E-state index is 1.30. The fourth-order valence-electron chi connectivity index (χ4n) is 4.25. The molecule has 0 fully saturated rings. The van der Waals surface area contributed by atoms with Crippen molar-refractivity contribution in [2.24, 2.45) is 0 Å². The normalized spacial score (nSPS) is 12.7. The smallest absolute Gasteiger partial charge is 0.192 e. The second-order valence-electron chi connectivity index (χ2n) is 8.40. The van der Waals surface area contributed by atoms with Crippen molar-refractivity contribution in [3.05, 3.63) is 0 Å². The standard InChI is InChI=1S/C22H50O2Si2/c1-7-11-17-25(23-5,18-12-8-2)21-15-16-22-26(24-6,19-13-9-3)20-14-10-4/h7-22H2,1-6H3. The average Bonchev–Trinajstić information content (AvgIpc) is 2.68. The Hall–Kier alpha value is 0.354. The van der Waals surface area contributed by atoms with Crippen LogP contribution in [0, 0.1) is 0 Å². The third-order valence-corrected chi connectivity index (χ3v) is 15.6. The molecule has 0 unspecified atom stereocenters. The van der Waals surface area contributed by atoms with Gasteiger partial charge in [-0.25, -0.2) is 0 Å². The van der Waals surface area contributed by atoms with Gasteiger partial charge in [0, 0.05) is 14.2 Å². The lowest BCUT2D eigenvalue weighted by Crippen LogP contribution is -2.38. The Bertz CT molecular complexity index is 265. The van der Waals surface area contributed by atoms with E-state index < -0.39 is 16.6 Å². The summed E-state index contributed by atoms with van der Waals surface area (Å²) in [4.78, 5) is 0. The van der Waals surface area contributed by atoms with E-state index in [4.69, 9.17) is 8.85 Å². The van der Waals surface area contributed by atoms with Crippen LogP contribution in [0.4, 0.5) is 0 Å². The number of unbranched alkanes of at least 4 members (excludes halogenated alkanes) is 5. The first kappa shape index (κ1) is 26.4. The zero-order valence-electron chi connectivity index (χ0n) is 19.1. The quantitative estimate of drug-likeness (QED) is 0.160. The summed E-state index contributed by atoms with van der Waals surface area (Å²) in [5.41, 5.74) is 0. The minimum Gasteiger partial charge on any atom is -0.420 e. The summed E-state index contributed by atoms with van der Waals surface area (Å²) in [6.45, 7) is 9.26. The van der Waals surface area contributed by atoms with Crippen molar-refractivity contribution < 1.29 is 8.85 Å². The predicted molar refractivity (Wildman–Crippen MR) is 123 cm³/mol. The molecule has 4 heteroatoms. The van der Waals surface area contributed by atoms with E-state index in [1.165, 1.54) is 100 Å². The lowest BCUT2D eigenvalue weighted by atomic mass is 10.4. The fraction of sp³-hybridized carbons (Fsp3) is 1.00. The van der Waals surface area contributed by atoms with Crippen LogP contribution < -0.4 is 0 Å². The molecule has 0 heterocycles. The van der Waals surface area contributed by atoms with E-state index in [1.807, 2.05) is 14.2 Å². The molecular weight excluding hydrogens is 352 g/mol. The van der Waals surface area contributed by atoms with Gasteiger partial charge in [0.1, 0.15) is 0 Å². The molecule has 0 bridgehead atoms. The minimum atomic E-state index is -1.49. The summed E-state index contributed by atoms with van der Waals surface area (Å²) in [6, 6.07) is 8.24. The molecule has 0 aliphatic heterocycles. The summed E-state index contributed by atoms with van der Waals surface area (Å²) in [6.07, 6.45) is 13.4. The second kappa shape index (κ2) is 16.3. The molecule has 2 nitrogen and oxygen atoms in total. The molecule has 0 saturated carbocycles. The summed E-state index contributed by atoms with van der Waals surface area (Å²) in [5, 5.41) is 0. The van der Waals surface area contributed by atoms with Crippen molar-refractivity contribution in [3.63, 3.8) is 0 Å². The third kappa shape index (κ3) is 10.6. The maximum absolute atomic E-state index is 6.25. The van der Waals surface area contributed by atoms with Gasteiger partial charge in [0.15, 0.2) is 16.6 Å². The molecule has 0 spiro atoms. The molecule has 0 aromatic heterocycles. The van der Waals surface area contributed by atoms with Crippen LogP contribution in [0.1, 0.15) is 91.9 Å². The number of rotatable bonds is 19. The SMILES string of the molecule is CCCC[Si](CCCC)(CCCC[Si](CCCC)(CCCC)OC)OC. The van der Waals surface area contributed by atoms with E-state index >= 15 is 0 Å². The third-order valence-electron chi connectivity index (χ3n) is 6.32. The maximum atomic E-state index is 6.25. The van der Waals surface area contributed by atoms with Gasteiger partial charge < -0.3 is 8.85 Å². The van der Waals surface area contributed by atoms with Gasteiger partial charge in [-0.05, 0) is 36.3 Å². The fourth-order valence-corrected chi connectivity index (χ4v) is 12.8. The second-order valence-corrected chi connectivity index (χ2v) is 16.9. The summed E-state index contributed by atoms with van der Waals surface area (Å²) >= 11 is 0. The maximum Gasteiger partial charge on any atom is 0.192 e. The lowest BCUT2D eigenvalue weighted by molar-refractivity contribution is 0.377. The van der Waals surface area contributed by atoms with E-state index in [1.54, 1.807) is 0 Å². The average molecular weight is 403 g/mol. The molecule has 0 N–H and O–H groups in total. The highest BCUT2D eigenvalue weighted by molar-refractivity contribution is 6.74. The Labute approximate surface area is 168 Å². The first-order chi connectivity index (χ1) is 12.6. The molecule has 0 aliphatic rings. The van der Waals surface area contributed by atoms with E-state index in [2.05, 4.69) is 27.7 Å². The predicted octanol–water partition coefficient (Wildman–Crippen LogP) is 8.15. The van der Waals surface area contributed by atoms with E-state index in [0.29, 0.717) is 0 Å². The Morgan fingerprint density at radius 1 is 0.423 bits per heavy atom. The summed E-state index contributed by atoms with van der Waals surface area (Å²) in [7, 11) is 1.03. The number of hydrogen-bond donors (Lipinski definition) is 0. The Morgan fingerprint density at radius 2 is 0.654 bits per heavy atom. The van der Waals surface area contributed by atoms with Gasteiger partial charge in [0.05, 0.1) is 0 Å². The molecule has 158 valence electrons. The molecule has 26 heavy (non-hydrogen) atoms. The zero-order chi connectivity index (χ0) is 19.7. The molecule has 0 amide bonds. The van der Waals surface area contributed by atoms with Gasteiger partial charge in [-0.3, -0.25) is 0 Å². The van der Waals surface area contributed by atoms with Crippen molar-refractivity contribution in [1.82, 2.24) is 0 Å². The topological polar surface area (TPSA) is 18.5 Å². The Morgan fingerprint density at radius 3 is 0.846 bits per heavy atom. The van der Waals surface area contributed by atoms with Crippen molar-refractivity contribution in [1.29, 1.82) is 0 Å². The highest BCUT2D eigenvalue weighted by atomic mass is 28.4. The van der Waals surface area contributed by atoms with Gasteiger partial charge in [-0.2, -0.15) is 0 Å². The van der Waals surface area contributed by atoms with Gasteiger partial charge in [-0.15, -0.1) is 0 Å². The van der Waals surface area contributed by atoms with E-state index in [9.17, 15) is 0 Å². The van der Waals surface area contributed by atoms with Crippen molar-refractivity contribution in [2.75, 3.05) is 14.2 Å². The molecule has 0 aliphatic carbocycles. The van der Waals surface area contributed by atoms with Crippen LogP contribution in [0.5, 0.6) is 0 Å². The van der Waals surface area contributed by atoms with Crippen LogP contribution in [0.2, 0.25) is 36.3 Å². The first-order valence-electron chi connectivity index (χ1n) is 11.7. The lowest BCUT2D eigenvalue weighted by Gasteiger charge is -2.32. The largest absolute Gasteiger partial charge is 0.420 e. The van der Waals surface area contributed by atoms with Gasteiger partial charge in [0.25, 0.3) is 0 Å². The molecule has 0 rings (SSSR count). The highest BCUT2D eigenvalue weighted by Crippen LogP contribution is 2.32. The van der Waals surface area contributed by atoms with Crippen LogP contribution in [0.15, 0.2) is 0 Å². The van der Waals surface area contributed by atoms with Crippen molar-refractivity contribution in [2.45, 2.75) is 128 Å². The van der Waals surface area contributed by atoms with Crippen molar-refractivity contribution >= 4 is 16.6 Å². The van der Waals surface area contributed by atoms with Crippen LogP contribution >= 0.6 is 0 Å². The molecule has 0 aromatic rings. The van der Waals surface area contributed by atoms with Crippen LogP contribution in [-0.4, -0.2) is 30.9 Å². The Kier molecular flexibility index (Phi) is 16.5. The van der Waals surface area contributed by atoms with Crippen LogP contribution in [0.25, 0.3) is 0 Å². The zero-order valence-corrected chi connectivity index (χ0v) is 21.1. The van der Waals surface area contributed by atoms with Gasteiger partial charge in [0.2, 0.25) is 0 Å². The molecule has 0 saturated heterocycles. The summed E-state index contributed by atoms with van der Waals surface area (Å²) < 4.78 is 12.5. The molecule has 0 aromatic carbocycles. The molecule has 0 radical (unpaired) electrons. The molecular formula is C22H50O2Si2. The number of hydrogen-bond acceptors (Lipinski definition) is 2. The Balaban J connectivity index is 4.66. The molecule has 0 atom stereocenters. The van der Waals surface area contributed by atoms with Crippen molar-refractivity contribution in [3.8, 4) is 0 Å². The summed E-state index contributed by atoms with van der Waals surface area (Å²) in [5.74, 6) is 0. The van der Waals surface area contributed by atoms with Crippen LogP contribution in [-0.2, 0) is 8.85 Å². The highest BCUT2D eigenvalue weighted by Gasteiger charge is 2.34. The first-order valence-corrected chi connectivity index (χ1v) is 16.7. The van der Waals surface area contributed by atoms with Crippen LogP contribution in [0.3, 0.4) is 0 Å². The van der Waals surface area contributed by atoms with E-state index in [0.717, 1.165) is 0 Å². The van der Waals surface area contributed by atoms with E-state index in [-0.39, 0.29) is 0 Å².